The quantitative estimate of drug-likeness (QED) is 0.147. The highest BCUT2D eigenvalue weighted by Gasteiger charge is 2.59. The number of aromatic nitrogens is 2. The molecule has 4 saturated carbocycles. The monoisotopic (exact) mass is 956 g/mol. The molecule has 0 bridgehead atoms. The number of cyclic esters (lactones) is 1. The van der Waals surface area contributed by atoms with E-state index in [2.05, 4.69) is 29.0 Å². The summed E-state index contributed by atoms with van der Waals surface area (Å²) in [5, 5.41) is 22.0. The number of alkyl halides is 6. The molecule has 6 fully saturated rings. The molecule has 4 aromatic rings. The Balaban J connectivity index is 0.000000172. The van der Waals surface area contributed by atoms with Crippen molar-refractivity contribution in [1.82, 2.24) is 9.97 Å². The molecule has 368 valence electrons. The van der Waals surface area contributed by atoms with Gasteiger partial charge in [-0.05, 0) is 161 Å². The molecule has 0 amide bonds. The van der Waals surface area contributed by atoms with Crippen LogP contribution in [0.1, 0.15) is 108 Å². The minimum atomic E-state index is -4.39. The highest BCUT2D eigenvalue weighted by Crippen LogP contribution is 2.58. The zero-order valence-corrected chi connectivity index (χ0v) is 39.5. The van der Waals surface area contributed by atoms with Gasteiger partial charge in [0.15, 0.2) is 5.79 Å². The summed E-state index contributed by atoms with van der Waals surface area (Å²) < 4.78 is 90.0. The van der Waals surface area contributed by atoms with Gasteiger partial charge in [0.2, 0.25) is 0 Å². The van der Waals surface area contributed by atoms with Gasteiger partial charge in [0.1, 0.15) is 6.10 Å². The molecule has 4 aliphatic carbocycles. The molecule has 6 aliphatic rings. The van der Waals surface area contributed by atoms with E-state index in [0.29, 0.717) is 52.1 Å². The van der Waals surface area contributed by atoms with Crippen LogP contribution < -0.4 is 0 Å². The minimum absolute atomic E-state index is 0.00577. The van der Waals surface area contributed by atoms with Gasteiger partial charge in [-0.25, -0.2) is 0 Å². The smallest absolute Gasteiger partial charge is 0.416 e. The molecule has 2 aromatic carbocycles. The molecule has 13 heteroatoms. The van der Waals surface area contributed by atoms with Crippen molar-refractivity contribution < 1.29 is 50.8 Å². The number of aliphatic hydroxyl groups is 2. The van der Waals surface area contributed by atoms with Gasteiger partial charge in [-0.15, -0.1) is 0 Å². The topological polar surface area (TPSA) is 102 Å². The molecule has 69 heavy (non-hydrogen) atoms. The van der Waals surface area contributed by atoms with E-state index in [9.17, 15) is 41.4 Å². The molecule has 2 aliphatic heterocycles. The summed E-state index contributed by atoms with van der Waals surface area (Å²) in [6.07, 6.45) is 11.9. The van der Waals surface area contributed by atoms with Crippen LogP contribution in [0.25, 0.3) is 34.4 Å². The van der Waals surface area contributed by atoms with Gasteiger partial charge in [0.05, 0.1) is 40.1 Å². The number of rotatable bonds is 6. The van der Waals surface area contributed by atoms with Gasteiger partial charge >= 0.3 is 18.3 Å². The third-order valence-electron chi connectivity index (χ3n) is 16.8. The molecule has 0 spiro atoms. The Morgan fingerprint density at radius 3 is 1.75 bits per heavy atom. The first kappa shape index (κ1) is 49.1. The van der Waals surface area contributed by atoms with E-state index in [0.717, 1.165) is 55.6 Å². The highest BCUT2D eigenvalue weighted by atomic mass is 19.4. The Hall–Kier alpha value is -4.85. The van der Waals surface area contributed by atoms with Crippen LogP contribution in [0.4, 0.5) is 26.3 Å². The fourth-order valence-corrected chi connectivity index (χ4v) is 13.6. The Labute approximate surface area is 400 Å². The number of ether oxygens (including phenoxy) is 2. The van der Waals surface area contributed by atoms with Crippen molar-refractivity contribution in [2.45, 2.75) is 121 Å². The fraction of sp³-hybridized carbons (Fsp3) is 0.518. The maximum absolute atomic E-state index is 13.1. The molecule has 14 atom stereocenters. The maximum Gasteiger partial charge on any atom is 0.416 e. The van der Waals surface area contributed by atoms with Gasteiger partial charge in [-0.2, -0.15) is 26.3 Å². The first-order valence-electron chi connectivity index (χ1n) is 24.6. The summed E-state index contributed by atoms with van der Waals surface area (Å²) in [7, 11) is 0. The number of halogens is 6. The first-order valence-corrected chi connectivity index (χ1v) is 24.6. The summed E-state index contributed by atoms with van der Waals surface area (Å²) >= 11 is 0. The number of pyridine rings is 2. The number of carbonyl (C=O) groups is 1. The van der Waals surface area contributed by atoms with Crippen molar-refractivity contribution in [2.75, 3.05) is 0 Å². The third kappa shape index (κ3) is 10.2. The largest absolute Gasteiger partial charge is 0.462 e. The predicted molar refractivity (Wildman–Crippen MR) is 251 cm³/mol. The molecule has 9 unspecified atom stereocenters. The lowest BCUT2D eigenvalue weighted by Gasteiger charge is -2.51. The van der Waals surface area contributed by atoms with Gasteiger partial charge < -0.3 is 19.7 Å². The number of esters is 1. The lowest BCUT2D eigenvalue weighted by Crippen LogP contribution is -2.52. The number of hydrogen-bond donors (Lipinski definition) is 2. The third-order valence-corrected chi connectivity index (χ3v) is 16.8. The number of nitrogens with zero attached hydrogens (tertiary/aromatic N) is 2. The van der Waals surface area contributed by atoms with E-state index in [1.165, 1.54) is 37.8 Å². The summed E-state index contributed by atoms with van der Waals surface area (Å²) in [5.74, 6) is 0.932. The van der Waals surface area contributed by atoms with Crippen molar-refractivity contribution in [3.63, 3.8) is 0 Å². The molecule has 10 rings (SSSR count). The Morgan fingerprint density at radius 1 is 0.652 bits per heavy atom. The number of carbonyl (C=O) groups excluding carboxylic acids is 1. The van der Waals surface area contributed by atoms with E-state index < -0.39 is 34.9 Å². The Bertz CT molecular complexity index is 2520. The first-order chi connectivity index (χ1) is 32.7. The van der Waals surface area contributed by atoms with E-state index in [4.69, 9.17) is 9.47 Å². The molecule has 2 aromatic heterocycles. The molecule has 2 saturated heterocycles. The van der Waals surface area contributed by atoms with Gasteiger partial charge in [0, 0.05) is 35.4 Å². The maximum atomic E-state index is 13.1. The SMILES string of the molecule is C[C@H]1OC(=O)C2CC3C(CCC[C@@]3(C)O)[C@H](/C=C/c3ccc(-c4cccc(C(F)(F)F)c4)cn3)C21.C[C@H]1OC(C)(O)C2CC3CCCCC3[C@H](/C=C/c3ccc(-c4cccc(C(F)(F)F)c4)cn3)C21. The average molecular weight is 957 g/mol. The molecule has 4 heterocycles. The summed E-state index contributed by atoms with van der Waals surface area (Å²) in [6.45, 7) is 7.73. The highest BCUT2D eigenvalue weighted by molar-refractivity contribution is 5.76. The zero-order valence-electron chi connectivity index (χ0n) is 39.5. The van der Waals surface area contributed by atoms with Crippen molar-refractivity contribution in [3.8, 4) is 22.3 Å². The van der Waals surface area contributed by atoms with E-state index in [-0.39, 0.29) is 59.6 Å². The zero-order chi connectivity index (χ0) is 49.0. The normalized spacial score (nSPS) is 35.4. The van der Waals surface area contributed by atoms with Crippen LogP contribution in [0, 0.1) is 59.2 Å². The number of benzene rings is 2. The lowest BCUT2D eigenvalue weighted by atomic mass is 9.54. The second-order valence-corrected chi connectivity index (χ2v) is 21.1. The summed E-state index contributed by atoms with van der Waals surface area (Å²) in [5.41, 5.74) is 1.55. The summed E-state index contributed by atoms with van der Waals surface area (Å²) in [4.78, 5) is 21.6. The van der Waals surface area contributed by atoms with Crippen molar-refractivity contribution >= 4 is 18.1 Å². The standard InChI is InChI=1S/C28H30F3NO3.C28H32F3NO2/c1-16-25-22(21-7-4-12-27(2,34)24(21)14-23(25)26(33)35-16)11-10-20-9-8-18(15-32-20)17-5-3-6-19(13-17)28(29,30)31;1-17-26-24(23-9-4-3-6-19(23)15-25(26)27(2,33)34-17)13-12-22-11-10-20(16-32-22)18-7-5-8-21(14-18)28(29,30)31/h3,5-6,8-11,13,15-16,21-25,34H,4,7,12,14H2,1-2H3;5,7-8,10-14,16-17,19,23-26,33H,3-4,6,9,15H2,1-2H3/b11-10+;13-12+/t16-,21?,22+,23?,24?,25?,27-;17-,19?,23?,24+,25?,26?,27?/m11/s1. The number of allylic oxidation sites excluding steroid dienone is 2. The van der Waals surface area contributed by atoms with Gasteiger partial charge in [-0.3, -0.25) is 14.8 Å². The second kappa shape index (κ2) is 19.1. The van der Waals surface area contributed by atoms with E-state index in [1.54, 1.807) is 36.7 Å². The van der Waals surface area contributed by atoms with Crippen LogP contribution >= 0.6 is 0 Å². The molecule has 2 N–H and O–H groups in total. The van der Waals surface area contributed by atoms with Crippen molar-refractivity contribution in [3.05, 3.63) is 120 Å². The van der Waals surface area contributed by atoms with Crippen LogP contribution in [0.3, 0.4) is 0 Å². The van der Waals surface area contributed by atoms with Crippen LogP contribution in [0.2, 0.25) is 0 Å². The molecule has 0 radical (unpaired) electrons. The summed E-state index contributed by atoms with van der Waals surface area (Å²) in [6, 6.07) is 17.8. The second-order valence-electron chi connectivity index (χ2n) is 21.1. The van der Waals surface area contributed by atoms with Crippen molar-refractivity contribution in [2.24, 2.45) is 59.2 Å². The van der Waals surface area contributed by atoms with Gasteiger partial charge in [-0.1, -0.05) is 74.2 Å². The predicted octanol–water partition coefficient (Wildman–Crippen LogP) is 13.1. The number of fused-ring (bicyclic) bond motifs is 4. The molecular formula is C56H62F6N2O5. The van der Waals surface area contributed by atoms with Gasteiger partial charge in [0.25, 0.3) is 0 Å². The van der Waals surface area contributed by atoms with Crippen LogP contribution in [-0.2, 0) is 26.6 Å². The lowest BCUT2D eigenvalue weighted by molar-refractivity contribution is -0.199. The van der Waals surface area contributed by atoms with E-state index in [1.807, 2.05) is 45.1 Å². The molecule has 7 nitrogen and oxygen atoms in total. The Kier molecular flexibility index (Phi) is 13.6. The minimum Gasteiger partial charge on any atom is -0.462 e. The van der Waals surface area contributed by atoms with Crippen LogP contribution in [0.15, 0.2) is 97.3 Å². The van der Waals surface area contributed by atoms with Crippen LogP contribution in [0.5, 0.6) is 0 Å². The Morgan fingerprint density at radius 2 is 1.20 bits per heavy atom. The number of hydrogen-bond acceptors (Lipinski definition) is 7. The van der Waals surface area contributed by atoms with Crippen LogP contribution in [-0.4, -0.2) is 49.7 Å². The average Bonchev–Trinajstić information content (AvgIpc) is 3.74. The van der Waals surface area contributed by atoms with E-state index >= 15 is 0 Å². The molecular weight excluding hydrogens is 895 g/mol. The van der Waals surface area contributed by atoms with Crippen molar-refractivity contribution in [1.29, 1.82) is 0 Å². The fourth-order valence-electron chi connectivity index (χ4n) is 13.6.